The van der Waals surface area contributed by atoms with Crippen molar-refractivity contribution in [2.45, 2.75) is 15.2 Å². The molecular formula is C11H10Cl3IN2O4S. The fourth-order valence-corrected chi connectivity index (χ4v) is 4.60. The zero-order chi connectivity index (χ0) is 16.5. The molecule has 0 aromatic rings. The van der Waals surface area contributed by atoms with Crippen LogP contribution in [0.4, 0.5) is 0 Å². The molecule has 1 saturated heterocycles. The molecule has 0 aliphatic carbocycles. The van der Waals surface area contributed by atoms with E-state index in [-0.39, 0.29) is 17.0 Å². The van der Waals surface area contributed by atoms with Gasteiger partial charge in [0.15, 0.2) is 0 Å². The van der Waals surface area contributed by atoms with Crippen LogP contribution in [0.5, 0.6) is 0 Å². The summed E-state index contributed by atoms with van der Waals surface area (Å²) in [7, 11) is 0. The summed E-state index contributed by atoms with van der Waals surface area (Å²) >= 11 is 20.3. The van der Waals surface area contributed by atoms with Gasteiger partial charge < -0.3 is 10.1 Å². The predicted octanol–water partition coefficient (Wildman–Crippen LogP) is 1.62. The summed E-state index contributed by atoms with van der Waals surface area (Å²) in [6.07, 6.45) is 0.471. The third-order valence-corrected chi connectivity index (χ3v) is 5.60. The number of ether oxygens (including phenoxy) is 1. The van der Waals surface area contributed by atoms with Gasteiger partial charge in [0.25, 0.3) is 5.91 Å². The lowest BCUT2D eigenvalue weighted by Crippen LogP contribution is -2.69. The fourth-order valence-electron chi connectivity index (χ4n) is 2.08. The molecule has 0 spiro atoms. The van der Waals surface area contributed by atoms with Crippen LogP contribution < -0.4 is 5.32 Å². The van der Waals surface area contributed by atoms with Crippen LogP contribution in [0.15, 0.2) is 11.3 Å². The van der Waals surface area contributed by atoms with Crippen LogP contribution >= 0.6 is 69.2 Å². The van der Waals surface area contributed by atoms with Crippen molar-refractivity contribution in [2.24, 2.45) is 0 Å². The Labute approximate surface area is 159 Å². The molecule has 11 heteroatoms. The Hall–Kier alpha value is 0.100. The molecule has 2 amide bonds. The van der Waals surface area contributed by atoms with E-state index >= 15 is 0 Å². The predicted molar refractivity (Wildman–Crippen MR) is 93.2 cm³/mol. The minimum Gasteiger partial charge on any atom is -0.456 e. The van der Waals surface area contributed by atoms with Gasteiger partial charge in [-0.3, -0.25) is 14.5 Å². The largest absolute Gasteiger partial charge is 0.456 e. The van der Waals surface area contributed by atoms with E-state index in [0.717, 1.165) is 5.57 Å². The number of β-lactam (4-membered cyclic amide) rings is 1. The lowest BCUT2D eigenvalue weighted by molar-refractivity contribution is -0.152. The highest BCUT2D eigenvalue weighted by Gasteiger charge is 2.53. The number of carbonyl (C=O) groups is 3. The molecule has 0 aromatic heterocycles. The number of esters is 1. The smallest absolute Gasteiger partial charge is 0.355 e. The lowest BCUT2D eigenvalue weighted by Gasteiger charge is -2.49. The van der Waals surface area contributed by atoms with Gasteiger partial charge >= 0.3 is 5.97 Å². The van der Waals surface area contributed by atoms with Crippen molar-refractivity contribution in [3.8, 4) is 0 Å². The summed E-state index contributed by atoms with van der Waals surface area (Å²) in [5, 5.41) is 2.13. The Balaban J connectivity index is 2.19. The second-order valence-corrected chi connectivity index (χ2v) is 8.83. The van der Waals surface area contributed by atoms with Crippen LogP contribution in [-0.2, 0) is 19.1 Å². The van der Waals surface area contributed by atoms with Gasteiger partial charge in [-0.2, -0.15) is 0 Å². The molecule has 22 heavy (non-hydrogen) atoms. The van der Waals surface area contributed by atoms with Crippen LogP contribution in [-0.4, -0.2) is 55.2 Å². The molecule has 2 aliphatic heterocycles. The van der Waals surface area contributed by atoms with Crippen LogP contribution in [0.1, 0.15) is 0 Å². The van der Waals surface area contributed by atoms with Gasteiger partial charge in [-0.1, -0.05) is 57.4 Å². The van der Waals surface area contributed by atoms with Gasteiger partial charge in [-0.15, -0.1) is 11.8 Å². The van der Waals surface area contributed by atoms with E-state index < -0.39 is 22.4 Å². The summed E-state index contributed by atoms with van der Waals surface area (Å²) in [6.45, 7) is -0.412. The van der Waals surface area contributed by atoms with Gasteiger partial charge in [0.2, 0.25) is 10.2 Å². The zero-order valence-corrected chi connectivity index (χ0v) is 16.1. The standard InChI is InChI=1S/C11H10Cl3IN2O4S/c12-11(13,14)3-21-10(20)7-5(1-15)2-22-9-6(16-4-18)8(19)17(7)9/h4,6,9H,1-3H2,(H,16,18)/t6-,9-/m1/s1. The van der Waals surface area contributed by atoms with Crippen molar-refractivity contribution in [3.63, 3.8) is 0 Å². The minimum atomic E-state index is -1.72. The number of nitrogens with zero attached hydrogens (tertiary/aromatic N) is 1. The lowest BCUT2D eigenvalue weighted by atomic mass is 10.0. The van der Waals surface area contributed by atoms with E-state index in [1.54, 1.807) is 0 Å². The molecule has 0 unspecified atom stereocenters. The topological polar surface area (TPSA) is 75.7 Å². The van der Waals surface area contributed by atoms with Crippen molar-refractivity contribution < 1.29 is 19.1 Å². The first-order valence-electron chi connectivity index (χ1n) is 5.96. The monoisotopic (exact) mass is 498 g/mol. The number of amides is 2. The number of hydrogen-bond donors (Lipinski definition) is 1. The molecule has 6 nitrogen and oxygen atoms in total. The van der Waals surface area contributed by atoms with Crippen molar-refractivity contribution in [2.75, 3.05) is 16.8 Å². The summed E-state index contributed by atoms with van der Waals surface area (Å²) in [4.78, 5) is 36.3. The summed E-state index contributed by atoms with van der Waals surface area (Å²) < 4.78 is 3.83. The normalized spacial score (nSPS) is 24.5. The van der Waals surface area contributed by atoms with E-state index in [4.69, 9.17) is 39.5 Å². The SMILES string of the molecule is O=CN[C@@H]1C(=O)N2C(C(=O)OCC(Cl)(Cl)Cl)=C(CI)CS[C@H]12. The van der Waals surface area contributed by atoms with Crippen LogP contribution in [0.25, 0.3) is 0 Å². The number of halogens is 4. The molecule has 1 N–H and O–H groups in total. The van der Waals surface area contributed by atoms with Gasteiger partial charge in [-0.05, 0) is 5.57 Å². The first-order chi connectivity index (χ1) is 10.3. The summed E-state index contributed by atoms with van der Waals surface area (Å²) in [5.74, 6) is -0.499. The highest BCUT2D eigenvalue weighted by atomic mass is 127. The molecule has 2 rings (SSSR count). The molecule has 0 radical (unpaired) electrons. The van der Waals surface area contributed by atoms with Crippen LogP contribution in [0.2, 0.25) is 0 Å². The summed E-state index contributed by atoms with van der Waals surface area (Å²) in [5.41, 5.74) is 0.954. The zero-order valence-electron chi connectivity index (χ0n) is 10.9. The number of nitrogens with one attached hydrogen (secondary N) is 1. The molecule has 2 aliphatic rings. The number of hydrogen-bond acceptors (Lipinski definition) is 5. The number of alkyl halides is 4. The van der Waals surface area contributed by atoms with E-state index in [1.807, 2.05) is 0 Å². The third-order valence-electron chi connectivity index (χ3n) is 3.02. The first-order valence-corrected chi connectivity index (χ1v) is 9.67. The van der Waals surface area contributed by atoms with Crippen LogP contribution in [0.3, 0.4) is 0 Å². The Morgan fingerprint density at radius 3 is 2.77 bits per heavy atom. The maximum Gasteiger partial charge on any atom is 0.355 e. The molecule has 0 saturated carbocycles. The third kappa shape index (κ3) is 3.77. The summed E-state index contributed by atoms with van der Waals surface area (Å²) in [6, 6.07) is -0.630. The van der Waals surface area contributed by atoms with E-state index in [0.29, 0.717) is 16.6 Å². The van der Waals surface area contributed by atoms with Gasteiger partial charge in [0.05, 0.1) is 0 Å². The Morgan fingerprint density at radius 2 is 2.23 bits per heavy atom. The number of rotatable bonds is 5. The second kappa shape index (κ2) is 7.33. The highest BCUT2D eigenvalue weighted by Crippen LogP contribution is 2.41. The first kappa shape index (κ1) is 18.4. The average molecular weight is 500 g/mol. The number of fused-ring (bicyclic) bond motifs is 1. The van der Waals surface area contributed by atoms with Crippen LogP contribution in [0, 0.1) is 0 Å². The molecule has 1 fully saturated rings. The number of thioether (sulfide) groups is 1. The number of carbonyl (C=O) groups excluding carboxylic acids is 3. The molecule has 2 atom stereocenters. The molecule has 2 heterocycles. The van der Waals surface area contributed by atoms with Crippen molar-refractivity contribution in [1.82, 2.24) is 10.2 Å². The fraction of sp³-hybridized carbons (Fsp3) is 0.545. The minimum absolute atomic E-state index is 0.182. The molecule has 0 aromatic carbocycles. The Kier molecular flexibility index (Phi) is 6.14. The van der Waals surface area contributed by atoms with E-state index in [1.165, 1.54) is 16.7 Å². The van der Waals surface area contributed by atoms with Crippen molar-refractivity contribution >= 4 is 87.4 Å². The molecular weight excluding hydrogens is 489 g/mol. The Bertz CT molecular complexity index is 540. The molecule has 122 valence electrons. The maximum absolute atomic E-state index is 12.3. The van der Waals surface area contributed by atoms with E-state index in [9.17, 15) is 14.4 Å². The van der Waals surface area contributed by atoms with E-state index in [2.05, 4.69) is 27.9 Å². The molecule has 0 bridgehead atoms. The average Bonchev–Trinajstić information content (AvgIpc) is 2.47. The highest BCUT2D eigenvalue weighted by molar-refractivity contribution is 14.1. The van der Waals surface area contributed by atoms with Gasteiger partial charge in [0.1, 0.15) is 23.7 Å². The van der Waals surface area contributed by atoms with Gasteiger partial charge in [-0.25, -0.2) is 4.79 Å². The Morgan fingerprint density at radius 1 is 1.55 bits per heavy atom. The van der Waals surface area contributed by atoms with Gasteiger partial charge in [0, 0.05) is 10.2 Å². The maximum atomic E-state index is 12.3. The van der Waals surface area contributed by atoms with Crippen molar-refractivity contribution in [3.05, 3.63) is 11.3 Å². The van der Waals surface area contributed by atoms with Crippen molar-refractivity contribution in [1.29, 1.82) is 0 Å². The second-order valence-electron chi connectivity index (χ2n) is 4.45. The quantitative estimate of drug-likeness (QED) is 0.205.